The van der Waals surface area contributed by atoms with Gasteiger partial charge in [0, 0.05) is 13.7 Å². The molecule has 0 aromatic heterocycles. The van der Waals surface area contributed by atoms with E-state index in [-0.39, 0.29) is 5.60 Å². The van der Waals surface area contributed by atoms with Crippen LogP contribution in [0, 0.1) is 0 Å². The van der Waals surface area contributed by atoms with Gasteiger partial charge >= 0.3 is 0 Å². The topological polar surface area (TPSA) is 55.4 Å². The first-order valence-electron chi connectivity index (χ1n) is 5.68. The summed E-state index contributed by atoms with van der Waals surface area (Å²) in [4.78, 5) is 0.297. The van der Waals surface area contributed by atoms with Crippen LogP contribution in [0.15, 0.2) is 35.2 Å². The molecule has 0 aliphatic heterocycles. The molecule has 0 atom stereocenters. The van der Waals surface area contributed by atoms with Crippen LogP contribution in [-0.2, 0) is 14.8 Å². The molecule has 1 aromatic rings. The molecule has 1 fully saturated rings. The van der Waals surface area contributed by atoms with Crippen molar-refractivity contribution in [1.82, 2.24) is 4.72 Å². The minimum Gasteiger partial charge on any atom is -0.377 e. The summed E-state index contributed by atoms with van der Waals surface area (Å²) in [7, 11) is -1.77. The van der Waals surface area contributed by atoms with E-state index < -0.39 is 10.0 Å². The Kier molecular flexibility index (Phi) is 3.51. The first kappa shape index (κ1) is 12.5. The molecule has 0 amide bonds. The zero-order chi connectivity index (χ0) is 12.4. The van der Waals surface area contributed by atoms with E-state index in [0.717, 1.165) is 19.3 Å². The molecule has 0 radical (unpaired) electrons. The molecule has 1 aromatic carbocycles. The Labute approximate surface area is 102 Å². The largest absolute Gasteiger partial charge is 0.377 e. The van der Waals surface area contributed by atoms with Crippen LogP contribution in [0.5, 0.6) is 0 Å². The van der Waals surface area contributed by atoms with Crippen molar-refractivity contribution in [2.45, 2.75) is 29.8 Å². The van der Waals surface area contributed by atoms with Crippen LogP contribution in [0.2, 0.25) is 0 Å². The van der Waals surface area contributed by atoms with E-state index in [1.165, 1.54) is 0 Å². The van der Waals surface area contributed by atoms with E-state index in [9.17, 15) is 8.42 Å². The van der Waals surface area contributed by atoms with Crippen LogP contribution in [0.1, 0.15) is 19.3 Å². The first-order valence-corrected chi connectivity index (χ1v) is 7.16. The lowest BCUT2D eigenvalue weighted by atomic mass is 9.80. The predicted octanol–water partition coefficient (Wildman–Crippen LogP) is 1.53. The standard InChI is InChI=1S/C12H17NO3S/c1-16-12(8-5-9-12)10-13-17(14,15)11-6-3-2-4-7-11/h2-4,6-7,13H,5,8-10H2,1H3. The zero-order valence-corrected chi connectivity index (χ0v) is 10.7. The molecule has 5 heteroatoms. The second-order valence-electron chi connectivity index (χ2n) is 4.38. The number of benzene rings is 1. The summed E-state index contributed by atoms with van der Waals surface area (Å²) in [5.41, 5.74) is -0.290. The highest BCUT2D eigenvalue weighted by atomic mass is 32.2. The second-order valence-corrected chi connectivity index (χ2v) is 6.15. The fourth-order valence-corrected chi connectivity index (χ4v) is 3.07. The maximum Gasteiger partial charge on any atom is 0.240 e. The van der Waals surface area contributed by atoms with E-state index in [2.05, 4.69) is 4.72 Å². The Morgan fingerprint density at radius 1 is 1.29 bits per heavy atom. The molecule has 0 heterocycles. The fraction of sp³-hybridized carbons (Fsp3) is 0.500. The molecule has 4 nitrogen and oxygen atoms in total. The SMILES string of the molecule is COC1(CNS(=O)(=O)c2ccccc2)CCC1. The predicted molar refractivity (Wildman–Crippen MR) is 65.2 cm³/mol. The van der Waals surface area contributed by atoms with Gasteiger partial charge in [0.05, 0.1) is 10.5 Å². The maximum absolute atomic E-state index is 12.0. The smallest absolute Gasteiger partial charge is 0.240 e. The van der Waals surface area contributed by atoms with E-state index in [4.69, 9.17) is 4.74 Å². The summed E-state index contributed by atoms with van der Waals surface area (Å²) < 4.78 is 31.9. The first-order chi connectivity index (χ1) is 8.08. The minimum absolute atomic E-state index is 0.290. The number of sulfonamides is 1. The number of hydrogen-bond donors (Lipinski definition) is 1. The summed E-state index contributed by atoms with van der Waals surface area (Å²) in [6.07, 6.45) is 2.93. The van der Waals surface area contributed by atoms with Gasteiger partial charge in [0.15, 0.2) is 0 Å². The molecule has 94 valence electrons. The van der Waals surface area contributed by atoms with Crippen molar-refractivity contribution in [3.05, 3.63) is 30.3 Å². The molecule has 1 N–H and O–H groups in total. The molecule has 0 bridgehead atoms. The Morgan fingerprint density at radius 3 is 2.41 bits per heavy atom. The normalized spacial score (nSPS) is 18.6. The zero-order valence-electron chi connectivity index (χ0n) is 9.85. The van der Waals surface area contributed by atoms with Crippen LogP contribution >= 0.6 is 0 Å². The van der Waals surface area contributed by atoms with Gasteiger partial charge in [-0.2, -0.15) is 0 Å². The molecule has 1 aliphatic carbocycles. The van der Waals surface area contributed by atoms with Crippen molar-refractivity contribution in [1.29, 1.82) is 0 Å². The van der Waals surface area contributed by atoms with Gasteiger partial charge in [-0.15, -0.1) is 0 Å². The van der Waals surface area contributed by atoms with E-state index in [1.54, 1.807) is 37.4 Å². The third-order valence-electron chi connectivity index (χ3n) is 3.34. The van der Waals surface area contributed by atoms with Gasteiger partial charge in [0.1, 0.15) is 0 Å². The number of methoxy groups -OCH3 is 1. The molecule has 0 saturated heterocycles. The van der Waals surface area contributed by atoms with Crippen LogP contribution in [0.25, 0.3) is 0 Å². The van der Waals surface area contributed by atoms with Gasteiger partial charge in [-0.3, -0.25) is 0 Å². The number of ether oxygens (including phenoxy) is 1. The van der Waals surface area contributed by atoms with E-state index in [0.29, 0.717) is 11.4 Å². The number of rotatable bonds is 5. The number of nitrogens with one attached hydrogen (secondary N) is 1. The highest BCUT2D eigenvalue weighted by molar-refractivity contribution is 7.89. The maximum atomic E-state index is 12.0. The Hall–Kier alpha value is -0.910. The molecule has 1 saturated carbocycles. The van der Waals surface area contributed by atoms with Crippen LogP contribution in [0.4, 0.5) is 0 Å². The second kappa shape index (κ2) is 4.76. The molecule has 0 spiro atoms. The summed E-state index contributed by atoms with van der Waals surface area (Å²) in [6.45, 7) is 0.348. The third-order valence-corrected chi connectivity index (χ3v) is 4.75. The Morgan fingerprint density at radius 2 is 1.94 bits per heavy atom. The third kappa shape index (κ3) is 2.68. The lowest BCUT2D eigenvalue weighted by Gasteiger charge is -2.40. The Bertz CT molecular complexity index is 460. The van der Waals surface area contributed by atoms with Crippen molar-refractivity contribution in [3.63, 3.8) is 0 Å². The van der Waals surface area contributed by atoms with Gasteiger partial charge in [0.2, 0.25) is 10.0 Å². The van der Waals surface area contributed by atoms with Crippen LogP contribution in [-0.4, -0.2) is 27.7 Å². The monoisotopic (exact) mass is 255 g/mol. The molecule has 1 aliphatic rings. The lowest BCUT2D eigenvalue weighted by molar-refractivity contribution is -0.0659. The molecule has 2 rings (SSSR count). The van der Waals surface area contributed by atoms with Crippen molar-refractivity contribution >= 4 is 10.0 Å². The van der Waals surface area contributed by atoms with Crippen molar-refractivity contribution < 1.29 is 13.2 Å². The lowest BCUT2D eigenvalue weighted by Crippen LogP contribution is -2.49. The van der Waals surface area contributed by atoms with Gasteiger partial charge in [-0.1, -0.05) is 18.2 Å². The van der Waals surface area contributed by atoms with E-state index >= 15 is 0 Å². The molecular formula is C12H17NO3S. The molecular weight excluding hydrogens is 238 g/mol. The quantitative estimate of drug-likeness (QED) is 0.868. The highest BCUT2D eigenvalue weighted by Crippen LogP contribution is 2.34. The molecule has 0 unspecified atom stereocenters. The minimum atomic E-state index is -3.41. The number of hydrogen-bond acceptors (Lipinski definition) is 3. The van der Waals surface area contributed by atoms with Gasteiger partial charge < -0.3 is 4.74 Å². The van der Waals surface area contributed by atoms with Crippen molar-refractivity contribution in [3.8, 4) is 0 Å². The van der Waals surface area contributed by atoms with Crippen LogP contribution < -0.4 is 4.72 Å². The summed E-state index contributed by atoms with van der Waals surface area (Å²) >= 11 is 0. The van der Waals surface area contributed by atoms with Crippen molar-refractivity contribution in [2.75, 3.05) is 13.7 Å². The highest BCUT2D eigenvalue weighted by Gasteiger charge is 2.37. The summed E-state index contributed by atoms with van der Waals surface area (Å²) in [5.74, 6) is 0. The summed E-state index contributed by atoms with van der Waals surface area (Å²) in [6, 6.07) is 8.39. The van der Waals surface area contributed by atoms with Crippen molar-refractivity contribution in [2.24, 2.45) is 0 Å². The fourth-order valence-electron chi connectivity index (χ4n) is 1.93. The van der Waals surface area contributed by atoms with Gasteiger partial charge in [-0.25, -0.2) is 13.1 Å². The molecule has 17 heavy (non-hydrogen) atoms. The average Bonchev–Trinajstić information content (AvgIpc) is 2.29. The van der Waals surface area contributed by atoms with Gasteiger partial charge in [-0.05, 0) is 31.4 Å². The van der Waals surface area contributed by atoms with Gasteiger partial charge in [0.25, 0.3) is 0 Å². The van der Waals surface area contributed by atoms with Crippen LogP contribution in [0.3, 0.4) is 0 Å². The average molecular weight is 255 g/mol. The van der Waals surface area contributed by atoms with E-state index in [1.807, 2.05) is 0 Å². The Balaban J connectivity index is 2.04. The summed E-state index contributed by atoms with van der Waals surface area (Å²) in [5, 5.41) is 0.